The zero-order chi connectivity index (χ0) is 16.5. The minimum Gasteiger partial charge on any atom is -0.356 e. The van der Waals surface area contributed by atoms with Crippen LogP contribution < -0.4 is 0 Å². The SMILES string of the molecule is CCc1nc([C@@H]2CCCN2C(=O)Cc2noc3ccccc23)no1. The lowest BCUT2D eigenvalue weighted by atomic mass is 10.1. The fraction of sp³-hybridized carbons (Fsp3) is 0.412. The molecule has 1 saturated heterocycles. The van der Waals surface area contributed by atoms with Crippen LogP contribution in [0.3, 0.4) is 0 Å². The summed E-state index contributed by atoms with van der Waals surface area (Å²) >= 11 is 0. The number of para-hydroxylation sites is 1. The summed E-state index contributed by atoms with van der Waals surface area (Å²) in [4.78, 5) is 19.0. The Morgan fingerprint density at radius 1 is 1.29 bits per heavy atom. The number of rotatable bonds is 4. The predicted molar refractivity (Wildman–Crippen MR) is 85.1 cm³/mol. The van der Waals surface area contributed by atoms with E-state index in [4.69, 9.17) is 9.05 Å². The highest BCUT2D eigenvalue weighted by molar-refractivity contribution is 5.86. The van der Waals surface area contributed by atoms with Crippen LogP contribution >= 0.6 is 0 Å². The Bertz CT molecular complexity index is 869. The summed E-state index contributed by atoms with van der Waals surface area (Å²) in [6.45, 7) is 2.67. The molecule has 1 amide bonds. The summed E-state index contributed by atoms with van der Waals surface area (Å²) in [7, 11) is 0. The van der Waals surface area contributed by atoms with E-state index in [1.165, 1.54) is 0 Å². The molecule has 124 valence electrons. The maximum absolute atomic E-state index is 12.8. The maximum Gasteiger partial charge on any atom is 0.229 e. The zero-order valence-electron chi connectivity index (χ0n) is 13.4. The van der Waals surface area contributed by atoms with Crippen LogP contribution in [0.5, 0.6) is 0 Å². The molecule has 0 unspecified atom stereocenters. The van der Waals surface area contributed by atoms with Gasteiger partial charge < -0.3 is 13.9 Å². The second-order valence-corrected chi connectivity index (χ2v) is 5.95. The lowest BCUT2D eigenvalue weighted by molar-refractivity contribution is -0.131. The molecule has 2 aromatic heterocycles. The van der Waals surface area contributed by atoms with Gasteiger partial charge in [-0.3, -0.25) is 4.79 Å². The number of nitrogens with zero attached hydrogens (tertiary/aromatic N) is 4. The van der Waals surface area contributed by atoms with E-state index in [2.05, 4.69) is 15.3 Å². The van der Waals surface area contributed by atoms with E-state index in [1.54, 1.807) is 0 Å². The minimum atomic E-state index is -0.111. The van der Waals surface area contributed by atoms with Gasteiger partial charge in [0.15, 0.2) is 11.4 Å². The highest BCUT2D eigenvalue weighted by Gasteiger charge is 2.33. The summed E-state index contributed by atoms with van der Waals surface area (Å²) in [6, 6.07) is 7.46. The van der Waals surface area contributed by atoms with E-state index >= 15 is 0 Å². The minimum absolute atomic E-state index is 0.0133. The van der Waals surface area contributed by atoms with Gasteiger partial charge in [0.25, 0.3) is 0 Å². The number of carbonyl (C=O) groups is 1. The summed E-state index contributed by atoms with van der Waals surface area (Å²) < 4.78 is 10.5. The van der Waals surface area contributed by atoms with Gasteiger partial charge in [-0.2, -0.15) is 4.98 Å². The molecule has 3 heterocycles. The van der Waals surface area contributed by atoms with Crippen LogP contribution in [0.1, 0.15) is 43.2 Å². The highest BCUT2D eigenvalue weighted by Crippen LogP contribution is 2.31. The number of amides is 1. The molecular formula is C17H18N4O3. The van der Waals surface area contributed by atoms with Crippen LogP contribution in [0.15, 0.2) is 33.3 Å². The normalized spacial score (nSPS) is 17.7. The summed E-state index contributed by atoms with van der Waals surface area (Å²) in [5.74, 6) is 1.22. The molecule has 24 heavy (non-hydrogen) atoms. The molecule has 4 rings (SSSR count). The standard InChI is InChI=1S/C17H18N4O3/c1-2-15-18-17(20-24-15)13-7-5-9-21(13)16(22)10-12-11-6-3-4-8-14(11)23-19-12/h3-4,6,8,13H,2,5,7,9-10H2,1H3/t13-/m0/s1. The average molecular weight is 326 g/mol. The Labute approximate surface area is 138 Å². The second kappa shape index (κ2) is 6.07. The Morgan fingerprint density at radius 2 is 2.17 bits per heavy atom. The summed E-state index contributed by atoms with van der Waals surface area (Å²) in [5, 5.41) is 8.97. The van der Waals surface area contributed by atoms with Crippen molar-refractivity contribution in [2.45, 2.75) is 38.6 Å². The Morgan fingerprint density at radius 3 is 3.00 bits per heavy atom. The van der Waals surface area contributed by atoms with Crippen molar-refractivity contribution in [2.75, 3.05) is 6.54 Å². The monoisotopic (exact) mass is 326 g/mol. The Balaban J connectivity index is 1.54. The molecular weight excluding hydrogens is 308 g/mol. The van der Waals surface area contributed by atoms with Gasteiger partial charge in [-0.1, -0.05) is 29.4 Å². The first-order chi connectivity index (χ1) is 11.8. The number of hydrogen-bond acceptors (Lipinski definition) is 6. The third-order valence-corrected chi connectivity index (χ3v) is 4.43. The lowest BCUT2D eigenvalue weighted by Gasteiger charge is -2.21. The molecule has 0 aliphatic carbocycles. The average Bonchev–Trinajstić information content (AvgIpc) is 3.34. The number of aromatic nitrogens is 3. The van der Waals surface area contributed by atoms with Crippen LogP contribution in [0.25, 0.3) is 11.0 Å². The predicted octanol–water partition coefficient (Wildman–Crippen LogP) is 2.68. The molecule has 1 aliphatic rings. The van der Waals surface area contributed by atoms with E-state index in [9.17, 15) is 4.79 Å². The van der Waals surface area contributed by atoms with Gasteiger partial charge in [-0.15, -0.1) is 0 Å². The first kappa shape index (κ1) is 14.9. The molecule has 1 aliphatic heterocycles. The van der Waals surface area contributed by atoms with Crippen molar-refractivity contribution < 1.29 is 13.8 Å². The largest absolute Gasteiger partial charge is 0.356 e. The number of hydrogen-bond donors (Lipinski definition) is 0. The van der Waals surface area contributed by atoms with Crippen molar-refractivity contribution in [3.8, 4) is 0 Å². The molecule has 0 saturated carbocycles. The number of benzene rings is 1. The molecule has 7 heteroatoms. The molecule has 0 radical (unpaired) electrons. The van der Waals surface area contributed by atoms with Crippen LogP contribution in [0, 0.1) is 0 Å². The van der Waals surface area contributed by atoms with E-state index in [1.807, 2.05) is 36.1 Å². The van der Waals surface area contributed by atoms with Gasteiger partial charge in [-0.25, -0.2) is 0 Å². The van der Waals surface area contributed by atoms with Crippen LogP contribution in [0.2, 0.25) is 0 Å². The zero-order valence-corrected chi connectivity index (χ0v) is 13.4. The molecule has 1 atom stereocenters. The Hall–Kier alpha value is -2.70. The highest BCUT2D eigenvalue weighted by atomic mass is 16.5. The van der Waals surface area contributed by atoms with Gasteiger partial charge in [0.2, 0.25) is 11.8 Å². The van der Waals surface area contributed by atoms with Gasteiger partial charge >= 0.3 is 0 Å². The fourth-order valence-electron chi connectivity index (χ4n) is 3.19. The van der Waals surface area contributed by atoms with Crippen molar-refractivity contribution in [1.29, 1.82) is 0 Å². The smallest absolute Gasteiger partial charge is 0.229 e. The van der Waals surface area contributed by atoms with Gasteiger partial charge in [0.05, 0.1) is 12.5 Å². The van der Waals surface area contributed by atoms with Gasteiger partial charge in [0.1, 0.15) is 5.69 Å². The van der Waals surface area contributed by atoms with Crippen molar-refractivity contribution in [3.05, 3.63) is 41.7 Å². The molecule has 3 aromatic rings. The molecule has 0 bridgehead atoms. The molecule has 7 nitrogen and oxygen atoms in total. The summed E-state index contributed by atoms with van der Waals surface area (Å²) in [6.07, 6.45) is 2.70. The summed E-state index contributed by atoms with van der Waals surface area (Å²) in [5.41, 5.74) is 1.37. The van der Waals surface area contributed by atoms with Crippen LogP contribution in [0.4, 0.5) is 0 Å². The fourth-order valence-corrected chi connectivity index (χ4v) is 3.19. The quantitative estimate of drug-likeness (QED) is 0.733. The van der Waals surface area contributed by atoms with Crippen molar-refractivity contribution in [2.24, 2.45) is 0 Å². The lowest BCUT2D eigenvalue weighted by Crippen LogP contribution is -2.32. The molecule has 0 spiro atoms. The van der Waals surface area contributed by atoms with Crippen molar-refractivity contribution >= 4 is 16.9 Å². The van der Waals surface area contributed by atoms with E-state index in [0.29, 0.717) is 36.0 Å². The third kappa shape index (κ3) is 2.55. The molecule has 1 aromatic carbocycles. The Kier molecular flexibility index (Phi) is 3.76. The van der Waals surface area contributed by atoms with E-state index < -0.39 is 0 Å². The van der Waals surface area contributed by atoms with Crippen LogP contribution in [-0.4, -0.2) is 32.6 Å². The van der Waals surface area contributed by atoms with Crippen molar-refractivity contribution in [3.63, 3.8) is 0 Å². The number of aryl methyl sites for hydroxylation is 1. The second-order valence-electron chi connectivity index (χ2n) is 5.95. The number of carbonyl (C=O) groups excluding carboxylic acids is 1. The number of likely N-dealkylation sites (tertiary alicyclic amines) is 1. The van der Waals surface area contributed by atoms with E-state index in [0.717, 1.165) is 18.2 Å². The topological polar surface area (TPSA) is 85.3 Å². The maximum atomic E-state index is 12.8. The van der Waals surface area contributed by atoms with E-state index in [-0.39, 0.29) is 18.4 Å². The number of fused-ring (bicyclic) bond motifs is 1. The third-order valence-electron chi connectivity index (χ3n) is 4.43. The van der Waals surface area contributed by atoms with Crippen LogP contribution in [-0.2, 0) is 17.6 Å². The first-order valence-electron chi connectivity index (χ1n) is 8.21. The molecule has 1 fully saturated rings. The first-order valence-corrected chi connectivity index (χ1v) is 8.21. The van der Waals surface area contributed by atoms with Crippen molar-refractivity contribution in [1.82, 2.24) is 20.2 Å². The van der Waals surface area contributed by atoms with Gasteiger partial charge in [-0.05, 0) is 25.0 Å². The molecule has 0 N–H and O–H groups in total. The van der Waals surface area contributed by atoms with Gasteiger partial charge in [0, 0.05) is 18.4 Å².